The number of aromatic amines is 1. The monoisotopic (exact) mass is 515 g/mol. The average molecular weight is 516 g/mol. The molecule has 2 aromatic heterocycles. The Balaban J connectivity index is 1.49. The molecule has 5 aromatic carbocycles. The van der Waals surface area contributed by atoms with Gasteiger partial charge in [-0.05, 0) is 63.7 Å². The van der Waals surface area contributed by atoms with Gasteiger partial charge in [0.25, 0.3) is 0 Å². The number of para-hydroxylation sites is 2. The molecular weight excluding hydrogens is 490 g/mol. The van der Waals surface area contributed by atoms with Crippen LogP contribution in [0.3, 0.4) is 0 Å². The Morgan fingerprint density at radius 3 is 1.73 bits per heavy atom. The third-order valence-electron chi connectivity index (χ3n) is 7.14. The lowest BCUT2D eigenvalue weighted by atomic mass is 9.85. The molecule has 40 heavy (non-hydrogen) atoms. The van der Waals surface area contributed by atoms with Crippen LogP contribution in [-0.2, 0) is 0 Å². The molecule has 0 radical (unpaired) electrons. The van der Waals surface area contributed by atoms with Gasteiger partial charge in [-0.3, -0.25) is 5.41 Å². The Bertz CT molecular complexity index is 1980. The van der Waals surface area contributed by atoms with Crippen LogP contribution in [0.2, 0.25) is 0 Å². The predicted molar refractivity (Wildman–Crippen MR) is 162 cm³/mol. The van der Waals surface area contributed by atoms with Gasteiger partial charge in [-0.25, -0.2) is 4.98 Å². The van der Waals surface area contributed by atoms with E-state index in [9.17, 15) is 0 Å². The van der Waals surface area contributed by atoms with Crippen molar-refractivity contribution >= 4 is 33.1 Å². The van der Waals surface area contributed by atoms with Crippen molar-refractivity contribution in [3.05, 3.63) is 167 Å². The van der Waals surface area contributed by atoms with Crippen molar-refractivity contribution < 1.29 is 4.42 Å². The Hall–Kier alpha value is -5.48. The molecule has 2 N–H and O–H groups in total. The second kappa shape index (κ2) is 10.0. The fraction of sp³-hybridized carbons (Fsp3) is 0. The van der Waals surface area contributed by atoms with Gasteiger partial charge in [0, 0.05) is 5.39 Å². The lowest BCUT2D eigenvalue weighted by Gasteiger charge is -2.18. The smallest absolute Gasteiger partial charge is 0.223 e. The number of hydrogen-bond donors (Lipinski definition) is 2. The Morgan fingerprint density at radius 2 is 1.12 bits per heavy atom. The number of hydrogen-bond acceptors (Lipinski definition) is 3. The molecule has 4 nitrogen and oxygen atoms in total. The molecule has 0 fully saturated rings. The maximum atomic E-state index is 8.59. The van der Waals surface area contributed by atoms with Gasteiger partial charge in [0.2, 0.25) is 5.55 Å². The molecular formula is C36H25N3O. The summed E-state index contributed by atoms with van der Waals surface area (Å²) in [6.07, 6.45) is 0. The van der Waals surface area contributed by atoms with E-state index in [0.29, 0.717) is 17.0 Å². The number of aromatic nitrogens is 2. The van der Waals surface area contributed by atoms with E-state index in [0.717, 1.165) is 49.8 Å². The van der Waals surface area contributed by atoms with E-state index < -0.39 is 0 Å². The zero-order valence-electron chi connectivity index (χ0n) is 21.6. The molecule has 0 saturated carbocycles. The summed E-state index contributed by atoms with van der Waals surface area (Å²) >= 11 is 0. The van der Waals surface area contributed by atoms with Crippen LogP contribution in [0.15, 0.2) is 144 Å². The minimum absolute atomic E-state index is 0.0763. The van der Waals surface area contributed by atoms with Crippen LogP contribution in [0.1, 0.15) is 22.3 Å². The van der Waals surface area contributed by atoms with Gasteiger partial charge in [-0.15, -0.1) is 0 Å². The van der Waals surface area contributed by atoms with Gasteiger partial charge >= 0.3 is 0 Å². The number of H-pyrrole nitrogens is 1. The van der Waals surface area contributed by atoms with Crippen molar-refractivity contribution in [1.29, 1.82) is 5.41 Å². The number of rotatable bonds is 5. The van der Waals surface area contributed by atoms with Crippen LogP contribution in [0.5, 0.6) is 0 Å². The normalized spacial score (nSPS) is 11.1. The summed E-state index contributed by atoms with van der Waals surface area (Å²) in [6.45, 7) is 0. The maximum Gasteiger partial charge on any atom is 0.223 e. The average Bonchev–Trinajstić information content (AvgIpc) is 3.45. The first-order valence-electron chi connectivity index (χ1n) is 13.2. The summed E-state index contributed by atoms with van der Waals surface area (Å²) in [5.74, 6) is 0.621. The fourth-order valence-electron chi connectivity index (χ4n) is 5.28. The molecule has 0 bridgehead atoms. The first-order chi connectivity index (χ1) is 19.7. The molecule has 4 heteroatoms. The zero-order valence-corrected chi connectivity index (χ0v) is 21.6. The quantitative estimate of drug-likeness (QED) is 0.226. The molecule has 0 amide bonds. The number of imidazole rings is 1. The largest absolute Gasteiger partial charge is 0.438 e. The Kier molecular flexibility index (Phi) is 5.91. The van der Waals surface area contributed by atoms with E-state index in [-0.39, 0.29) is 5.55 Å². The molecule has 0 spiro atoms. The topological polar surface area (TPSA) is 65.7 Å². The molecule has 0 aliphatic rings. The molecule has 0 aliphatic carbocycles. The van der Waals surface area contributed by atoms with Crippen molar-refractivity contribution in [2.75, 3.05) is 0 Å². The van der Waals surface area contributed by atoms with Crippen molar-refractivity contribution in [2.24, 2.45) is 0 Å². The van der Waals surface area contributed by atoms with Crippen molar-refractivity contribution in [1.82, 2.24) is 9.97 Å². The highest BCUT2D eigenvalue weighted by Gasteiger charge is 2.17. The minimum atomic E-state index is 0.0763. The SMILES string of the molecule is N=c1oc2ccc(C(=C(c3ccccc3)c3ccccc3)c3ccccc3)cc2cc1-c1nc2ccccc2[nH]1. The van der Waals surface area contributed by atoms with Crippen LogP contribution < -0.4 is 5.55 Å². The molecule has 2 heterocycles. The summed E-state index contributed by atoms with van der Waals surface area (Å²) < 4.78 is 6.00. The molecule has 0 aliphatic heterocycles. The van der Waals surface area contributed by atoms with E-state index in [1.165, 1.54) is 0 Å². The van der Waals surface area contributed by atoms with Crippen LogP contribution in [0, 0.1) is 5.41 Å². The summed E-state index contributed by atoms with van der Waals surface area (Å²) in [5.41, 5.74) is 9.88. The number of benzene rings is 5. The van der Waals surface area contributed by atoms with Crippen LogP contribution in [-0.4, -0.2) is 9.97 Å². The summed E-state index contributed by atoms with van der Waals surface area (Å²) in [6, 6.07) is 47.6. The van der Waals surface area contributed by atoms with Gasteiger partial charge in [-0.1, -0.05) is 109 Å². The van der Waals surface area contributed by atoms with Gasteiger partial charge in [0.1, 0.15) is 11.4 Å². The van der Waals surface area contributed by atoms with Crippen molar-refractivity contribution in [3.63, 3.8) is 0 Å². The van der Waals surface area contributed by atoms with Gasteiger partial charge < -0.3 is 9.40 Å². The lowest BCUT2D eigenvalue weighted by molar-refractivity contribution is 0.535. The van der Waals surface area contributed by atoms with Crippen molar-refractivity contribution in [2.45, 2.75) is 0 Å². The Labute approximate surface area is 231 Å². The van der Waals surface area contributed by atoms with E-state index >= 15 is 0 Å². The summed E-state index contributed by atoms with van der Waals surface area (Å²) in [5, 5.41) is 9.49. The standard InChI is InChI=1S/C36H25N3O/c37-35-29(36-38-30-18-10-11-19-31(30)39-36)23-28-22-27(20-21-32(28)40-35)34(26-16-8-3-9-17-26)33(24-12-4-1-5-13-24)25-14-6-2-7-15-25/h1-23,37H,(H,38,39). The first kappa shape index (κ1) is 23.6. The first-order valence-corrected chi connectivity index (χ1v) is 13.2. The molecule has 0 unspecified atom stereocenters. The minimum Gasteiger partial charge on any atom is -0.438 e. The third-order valence-corrected chi connectivity index (χ3v) is 7.14. The van der Waals surface area contributed by atoms with Gasteiger partial charge in [0.15, 0.2) is 0 Å². The van der Waals surface area contributed by atoms with Crippen LogP contribution >= 0.6 is 0 Å². The van der Waals surface area contributed by atoms with E-state index in [4.69, 9.17) is 14.8 Å². The van der Waals surface area contributed by atoms with Crippen LogP contribution in [0.4, 0.5) is 0 Å². The molecule has 0 saturated heterocycles. The summed E-state index contributed by atoms with van der Waals surface area (Å²) in [4.78, 5) is 8.06. The number of nitrogens with one attached hydrogen (secondary N) is 2. The van der Waals surface area contributed by atoms with Gasteiger partial charge in [0.05, 0.1) is 16.6 Å². The number of nitrogens with zero attached hydrogens (tertiary/aromatic N) is 1. The maximum absolute atomic E-state index is 8.59. The second-order valence-corrected chi connectivity index (χ2v) is 9.69. The third kappa shape index (κ3) is 4.32. The van der Waals surface area contributed by atoms with Crippen LogP contribution in [0.25, 0.3) is 44.5 Å². The van der Waals surface area contributed by atoms with E-state index in [1.54, 1.807) is 0 Å². The highest BCUT2D eigenvalue weighted by atomic mass is 16.3. The predicted octanol–water partition coefficient (Wildman–Crippen LogP) is 8.46. The summed E-state index contributed by atoms with van der Waals surface area (Å²) in [7, 11) is 0. The molecule has 7 rings (SSSR count). The zero-order chi connectivity index (χ0) is 26.9. The highest BCUT2D eigenvalue weighted by Crippen LogP contribution is 2.38. The van der Waals surface area contributed by atoms with E-state index in [2.05, 4.69) is 89.9 Å². The van der Waals surface area contributed by atoms with Gasteiger partial charge in [-0.2, -0.15) is 0 Å². The lowest BCUT2D eigenvalue weighted by Crippen LogP contribution is -2.04. The highest BCUT2D eigenvalue weighted by molar-refractivity contribution is 6.05. The Morgan fingerprint density at radius 1 is 0.575 bits per heavy atom. The molecule has 190 valence electrons. The number of fused-ring (bicyclic) bond motifs is 2. The van der Waals surface area contributed by atoms with E-state index in [1.807, 2.05) is 54.6 Å². The second-order valence-electron chi connectivity index (χ2n) is 9.69. The fourth-order valence-corrected chi connectivity index (χ4v) is 5.28. The molecule has 7 aromatic rings. The molecule has 0 atom stereocenters. The van der Waals surface area contributed by atoms with Crippen molar-refractivity contribution in [3.8, 4) is 11.4 Å².